The van der Waals surface area contributed by atoms with Crippen LogP contribution in [0.15, 0.2) is 39.8 Å². The average Bonchev–Trinajstić information content (AvgIpc) is 3.61. The number of benzene rings is 2. The van der Waals surface area contributed by atoms with Gasteiger partial charge in [0, 0.05) is 29.3 Å². The fourth-order valence-corrected chi connectivity index (χ4v) is 5.92. The van der Waals surface area contributed by atoms with Crippen LogP contribution in [0.5, 0.6) is 17.2 Å². The van der Waals surface area contributed by atoms with Crippen molar-refractivity contribution in [1.82, 2.24) is 15.4 Å². The first-order chi connectivity index (χ1) is 19.4. The zero-order valence-electron chi connectivity index (χ0n) is 22.1. The standard InChI is InChI=1S/C26H29N5O8S/c1-34-20-11-16-19(12-18(20)27-23-13-17(28-29-23)14-5-6-14)39-30-25(16)31-40(32,33)24-21(35-2)9-15(10-22(24)36-3)26-37-7-4-8-38-26/h9-14,26H,4-8H2,1-3H3,(H,30,31)(H2,27,28,29). The van der Waals surface area contributed by atoms with Gasteiger partial charge in [-0.05, 0) is 37.5 Å². The number of anilines is 3. The van der Waals surface area contributed by atoms with Crippen LogP contribution in [-0.2, 0) is 19.5 Å². The van der Waals surface area contributed by atoms with Gasteiger partial charge < -0.3 is 33.5 Å². The van der Waals surface area contributed by atoms with E-state index in [0.29, 0.717) is 52.9 Å². The smallest absolute Gasteiger partial charge is 0.270 e. The van der Waals surface area contributed by atoms with E-state index in [-0.39, 0.29) is 22.2 Å². The van der Waals surface area contributed by atoms with E-state index in [1.165, 1.54) is 21.3 Å². The SMILES string of the molecule is COc1cc2c(NS(=O)(=O)c3c(OC)cc(C4OCCCO4)cc3OC)noc2cc1Nc1cc(C2CC2)[nH]n1. The maximum absolute atomic E-state index is 13.6. The van der Waals surface area contributed by atoms with Crippen molar-refractivity contribution >= 4 is 38.3 Å². The highest BCUT2D eigenvalue weighted by Gasteiger charge is 2.30. The third kappa shape index (κ3) is 5.00. The third-order valence-corrected chi connectivity index (χ3v) is 8.15. The van der Waals surface area contributed by atoms with Crippen LogP contribution in [0.3, 0.4) is 0 Å². The number of nitrogens with zero attached hydrogens (tertiary/aromatic N) is 2. The molecule has 0 radical (unpaired) electrons. The van der Waals surface area contributed by atoms with E-state index < -0.39 is 16.3 Å². The van der Waals surface area contributed by atoms with Gasteiger partial charge in [-0.1, -0.05) is 5.16 Å². The van der Waals surface area contributed by atoms with Crippen LogP contribution < -0.4 is 24.2 Å². The van der Waals surface area contributed by atoms with E-state index in [9.17, 15) is 8.42 Å². The maximum Gasteiger partial charge on any atom is 0.270 e. The number of aromatic amines is 1. The number of H-pyrrole nitrogens is 1. The van der Waals surface area contributed by atoms with Gasteiger partial charge in [0.05, 0.1) is 45.6 Å². The minimum absolute atomic E-state index is 0.0252. The number of ether oxygens (including phenoxy) is 5. The summed E-state index contributed by atoms with van der Waals surface area (Å²) in [5.74, 6) is 1.69. The quantitative estimate of drug-likeness (QED) is 0.247. The molecule has 13 nitrogen and oxygen atoms in total. The summed E-state index contributed by atoms with van der Waals surface area (Å²) in [6, 6.07) is 8.37. The number of methoxy groups -OCH3 is 3. The Morgan fingerprint density at radius 2 is 1.65 bits per heavy atom. The van der Waals surface area contributed by atoms with Gasteiger partial charge in [0.15, 0.2) is 28.4 Å². The van der Waals surface area contributed by atoms with Gasteiger partial charge in [-0.3, -0.25) is 9.82 Å². The van der Waals surface area contributed by atoms with Crippen molar-refractivity contribution in [3.05, 3.63) is 41.6 Å². The van der Waals surface area contributed by atoms with Crippen molar-refractivity contribution in [3.8, 4) is 17.2 Å². The van der Waals surface area contributed by atoms with Crippen LogP contribution >= 0.6 is 0 Å². The van der Waals surface area contributed by atoms with Crippen molar-refractivity contribution in [2.45, 2.75) is 36.4 Å². The molecule has 2 aliphatic rings. The second-order valence-electron chi connectivity index (χ2n) is 9.47. The molecule has 0 spiro atoms. The molecule has 1 aliphatic carbocycles. The Balaban J connectivity index is 1.31. The monoisotopic (exact) mass is 571 g/mol. The molecule has 3 N–H and O–H groups in total. The predicted octanol–water partition coefficient (Wildman–Crippen LogP) is 4.43. The molecule has 1 saturated carbocycles. The molecule has 2 aromatic carbocycles. The second kappa shape index (κ2) is 10.5. The first-order valence-electron chi connectivity index (χ1n) is 12.7. The zero-order chi connectivity index (χ0) is 27.9. The number of nitrogens with one attached hydrogen (secondary N) is 3. The summed E-state index contributed by atoms with van der Waals surface area (Å²) in [6.07, 6.45) is 2.43. The van der Waals surface area contributed by atoms with Crippen LogP contribution in [-0.4, -0.2) is 58.3 Å². The van der Waals surface area contributed by atoms with E-state index >= 15 is 0 Å². The molecule has 0 amide bonds. The average molecular weight is 572 g/mol. The van der Waals surface area contributed by atoms with E-state index in [0.717, 1.165) is 25.0 Å². The van der Waals surface area contributed by atoms with E-state index in [1.54, 1.807) is 24.3 Å². The number of hydrogen-bond acceptors (Lipinski definition) is 11. The van der Waals surface area contributed by atoms with E-state index in [4.69, 9.17) is 28.2 Å². The first-order valence-corrected chi connectivity index (χ1v) is 14.2. The summed E-state index contributed by atoms with van der Waals surface area (Å²) in [4.78, 5) is -0.205. The Morgan fingerprint density at radius 1 is 0.950 bits per heavy atom. The summed E-state index contributed by atoms with van der Waals surface area (Å²) in [6.45, 7) is 1.06. The highest BCUT2D eigenvalue weighted by molar-refractivity contribution is 7.93. The Labute approximate surface area is 230 Å². The molecule has 0 atom stereocenters. The lowest BCUT2D eigenvalue weighted by Crippen LogP contribution is -2.19. The first kappa shape index (κ1) is 26.2. The largest absolute Gasteiger partial charge is 0.495 e. The molecule has 0 bridgehead atoms. The van der Waals surface area contributed by atoms with Crippen LogP contribution in [0.2, 0.25) is 0 Å². The molecular formula is C26H29N5O8S. The van der Waals surface area contributed by atoms with Crippen molar-refractivity contribution in [3.63, 3.8) is 0 Å². The minimum atomic E-state index is -4.26. The van der Waals surface area contributed by atoms with Gasteiger partial charge in [0.25, 0.3) is 10.0 Å². The van der Waals surface area contributed by atoms with Gasteiger partial charge >= 0.3 is 0 Å². The third-order valence-electron chi connectivity index (χ3n) is 6.75. The Hall–Kier alpha value is -4.01. The number of fused-ring (bicyclic) bond motifs is 1. The summed E-state index contributed by atoms with van der Waals surface area (Å²) < 4.78 is 63.1. The molecule has 212 valence electrons. The van der Waals surface area contributed by atoms with Gasteiger partial charge in [-0.15, -0.1) is 0 Å². The van der Waals surface area contributed by atoms with Crippen LogP contribution in [0, 0.1) is 0 Å². The molecule has 1 saturated heterocycles. The fraction of sp³-hybridized carbons (Fsp3) is 0.385. The van der Waals surface area contributed by atoms with Crippen LogP contribution in [0.1, 0.15) is 42.7 Å². The number of hydrogen-bond donors (Lipinski definition) is 3. The lowest BCUT2D eigenvalue weighted by Gasteiger charge is -2.25. The van der Waals surface area contributed by atoms with Crippen molar-refractivity contribution in [1.29, 1.82) is 0 Å². The zero-order valence-corrected chi connectivity index (χ0v) is 23.0. The van der Waals surface area contributed by atoms with Gasteiger partial charge in [0.2, 0.25) is 0 Å². The minimum Gasteiger partial charge on any atom is -0.495 e. The number of aromatic nitrogens is 3. The second-order valence-corrected chi connectivity index (χ2v) is 11.1. The van der Waals surface area contributed by atoms with Crippen molar-refractivity contribution in [2.24, 2.45) is 0 Å². The highest BCUT2D eigenvalue weighted by atomic mass is 32.2. The summed E-state index contributed by atoms with van der Waals surface area (Å²) >= 11 is 0. The van der Waals surface area contributed by atoms with Crippen molar-refractivity contribution in [2.75, 3.05) is 44.6 Å². The maximum atomic E-state index is 13.6. The Bertz CT molecular complexity index is 1610. The van der Waals surface area contributed by atoms with Crippen LogP contribution in [0.4, 0.5) is 17.3 Å². The van der Waals surface area contributed by atoms with Crippen LogP contribution in [0.25, 0.3) is 11.0 Å². The Kier molecular flexibility index (Phi) is 6.90. The Morgan fingerprint density at radius 3 is 2.30 bits per heavy atom. The molecule has 1 aliphatic heterocycles. The molecule has 40 heavy (non-hydrogen) atoms. The lowest BCUT2D eigenvalue weighted by atomic mass is 10.2. The lowest BCUT2D eigenvalue weighted by molar-refractivity contribution is -0.183. The summed E-state index contributed by atoms with van der Waals surface area (Å²) in [7, 11) is 0.000678. The van der Waals surface area contributed by atoms with Gasteiger partial charge in [0.1, 0.15) is 17.2 Å². The van der Waals surface area contributed by atoms with Gasteiger partial charge in [-0.25, -0.2) is 8.42 Å². The van der Waals surface area contributed by atoms with Gasteiger partial charge in [-0.2, -0.15) is 5.10 Å². The molecular weight excluding hydrogens is 542 g/mol. The highest BCUT2D eigenvalue weighted by Crippen LogP contribution is 2.42. The summed E-state index contributed by atoms with van der Waals surface area (Å²) in [5, 5.41) is 14.9. The summed E-state index contributed by atoms with van der Waals surface area (Å²) in [5.41, 5.74) is 2.57. The number of sulfonamides is 1. The van der Waals surface area contributed by atoms with E-state index in [2.05, 4.69) is 25.4 Å². The normalized spacial score (nSPS) is 16.2. The molecule has 6 rings (SSSR count). The molecule has 2 aromatic heterocycles. The fourth-order valence-electron chi connectivity index (χ4n) is 4.61. The molecule has 14 heteroatoms. The molecule has 4 aromatic rings. The van der Waals surface area contributed by atoms with Crippen molar-refractivity contribution < 1.29 is 36.6 Å². The number of rotatable bonds is 10. The molecule has 3 heterocycles. The molecule has 0 unspecified atom stereocenters. The molecule has 2 fully saturated rings. The topological polar surface area (TPSA) is 159 Å². The van der Waals surface area contributed by atoms with E-state index in [1.807, 2.05) is 6.07 Å². The predicted molar refractivity (Wildman–Crippen MR) is 144 cm³/mol.